The third-order valence-corrected chi connectivity index (χ3v) is 6.15. The highest BCUT2D eigenvalue weighted by atomic mass is 32.1. The van der Waals surface area contributed by atoms with Crippen molar-refractivity contribution in [1.29, 1.82) is 0 Å². The average molecular weight is 439 g/mol. The number of aromatic nitrogens is 1. The molecule has 162 valence electrons. The second kappa shape index (κ2) is 10.4. The standard InChI is InChI=1S/C23H26N4O3S/c28-21(24-15-19(20-10-7-13-30-20)27-11-5-2-6-12-27)14-18-16-31-23(25-18)26-22(29)17-8-3-1-4-9-17/h1,3-4,7-10,13,16,19H,2,5-6,11-12,14-15H2,(H,24,28)(H,25,26,29). The van der Waals surface area contributed by atoms with Crippen LogP contribution in [-0.4, -0.2) is 41.3 Å². The van der Waals surface area contributed by atoms with Crippen molar-refractivity contribution in [1.82, 2.24) is 15.2 Å². The zero-order chi connectivity index (χ0) is 21.5. The largest absolute Gasteiger partial charge is 0.468 e. The summed E-state index contributed by atoms with van der Waals surface area (Å²) in [6, 6.07) is 12.9. The fourth-order valence-corrected chi connectivity index (χ4v) is 4.47. The van der Waals surface area contributed by atoms with Crippen molar-refractivity contribution >= 4 is 28.3 Å². The van der Waals surface area contributed by atoms with Crippen LogP contribution in [0.4, 0.5) is 5.13 Å². The second-order valence-electron chi connectivity index (χ2n) is 7.57. The second-order valence-corrected chi connectivity index (χ2v) is 8.43. The molecule has 2 amide bonds. The quantitative estimate of drug-likeness (QED) is 0.557. The number of thiazole rings is 1. The SMILES string of the molecule is O=C(Cc1csc(NC(=O)c2ccccc2)n1)NCC(c1ccco1)N1CCCCC1. The van der Waals surface area contributed by atoms with Crippen LogP contribution >= 0.6 is 11.3 Å². The molecule has 1 aromatic carbocycles. The first-order valence-corrected chi connectivity index (χ1v) is 11.4. The average Bonchev–Trinajstić information content (AvgIpc) is 3.48. The van der Waals surface area contributed by atoms with Crippen LogP contribution in [-0.2, 0) is 11.2 Å². The summed E-state index contributed by atoms with van der Waals surface area (Å²) in [5.41, 5.74) is 1.21. The molecule has 1 fully saturated rings. The van der Waals surface area contributed by atoms with Gasteiger partial charge in [-0.25, -0.2) is 4.98 Å². The van der Waals surface area contributed by atoms with Gasteiger partial charge in [0.15, 0.2) is 5.13 Å². The first-order chi connectivity index (χ1) is 15.2. The monoisotopic (exact) mass is 438 g/mol. The lowest BCUT2D eigenvalue weighted by Crippen LogP contribution is -2.40. The van der Waals surface area contributed by atoms with E-state index in [1.54, 1.807) is 23.8 Å². The van der Waals surface area contributed by atoms with E-state index in [1.165, 1.54) is 30.6 Å². The molecule has 31 heavy (non-hydrogen) atoms. The van der Waals surface area contributed by atoms with Gasteiger partial charge in [0.2, 0.25) is 5.91 Å². The molecule has 7 nitrogen and oxygen atoms in total. The zero-order valence-electron chi connectivity index (χ0n) is 17.3. The Morgan fingerprint density at radius 1 is 1.10 bits per heavy atom. The Kier molecular flexibility index (Phi) is 7.11. The van der Waals surface area contributed by atoms with Gasteiger partial charge in [-0.1, -0.05) is 24.6 Å². The van der Waals surface area contributed by atoms with Crippen molar-refractivity contribution in [2.24, 2.45) is 0 Å². The summed E-state index contributed by atoms with van der Waals surface area (Å²) < 4.78 is 5.63. The highest BCUT2D eigenvalue weighted by molar-refractivity contribution is 7.14. The Hall–Kier alpha value is -2.97. The number of anilines is 1. The van der Waals surface area contributed by atoms with Crippen molar-refractivity contribution in [3.63, 3.8) is 0 Å². The number of likely N-dealkylation sites (tertiary alicyclic amines) is 1. The van der Waals surface area contributed by atoms with Crippen LogP contribution in [0.15, 0.2) is 58.5 Å². The number of rotatable bonds is 8. The van der Waals surface area contributed by atoms with Gasteiger partial charge in [-0.05, 0) is 50.2 Å². The smallest absolute Gasteiger partial charge is 0.257 e. The topological polar surface area (TPSA) is 87.5 Å². The fraction of sp³-hybridized carbons (Fsp3) is 0.348. The van der Waals surface area contributed by atoms with E-state index in [-0.39, 0.29) is 24.3 Å². The van der Waals surface area contributed by atoms with Crippen LogP contribution in [0.3, 0.4) is 0 Å². The number of nitrogens with one attached hydrogen (secondary N) is 2. The summed E-state index contributed by atoms with van der Waals surface area (Å²) in [5.74, 6) is 0.565. The normalized spacial score (nSPS) is 15.4. The molecule has 0 spiro atoms. The Morgan fingerprint density at radius 2 is 1.90 bits per heavy atom. The molecule has 1 unspecified atom stereocenters. The molecule has 2 aromatic heterocycles. The van der Waals surface area contributed by atoms with Gasteiger partial charge in [0.05, 0.1) is 24.4 Å². The summed E-state index contributed by atoms with van der Waals surface area (Å²) >= 11 is 1.31. The molecule has 4 rings (SSSR count). The van der Waals surface area contributed by atoms with Gasteiger partial charge in [0.25, 0.3) is 5.91 Å². The van der Waals surface area contributed by atoms with Crippen molar-refractivity contribution in [3.05, 3.63) is 71.1 Å². The van der Waals surface area contributed by atoms with Gasteiger partial charge in [-0.3, -0.25) is 19.8 Å². The molecule has 3 heterocycles. The summed E-state index contributed by atoms with van der Waals surface area (Å²) in [7, 11) is 0. The van der Waals surface area contributed by atoms with Gasteiger partial charge < -0.3 is 9.73 Å². The predicted octanol–water partition coefficient (Wildman–Crippen LogP) is 3.87. The van der Waals surface area contributed by atoms with Gasteiger partial charge >= 0.3 is 0 Å². The highest BCUT2D eigenvalue weighted by Crippen LogP contribution is 2.24. The minimum Gasteiger partial charge on any atom is -0.468 e. The molecular weight excluding hydrogens is 412 g/mol. The van der Waals surface area contributed by atoms with E-state index in [2.05, 4.69) is 20.5 Å². The number of hydrogen-bond acceptors (Lipinski definition) is 6. The van der Waals surface area contributed by atoms with Gasteiger partial charge in [0, 0.05) is 17.5 Å². The van der Waals surface area contributed by atoms with Crippen molar-refractivity contribution in [2.75, 3.05) is 25.0 Å². The Bertz CT molecular complexity index is 981. The first-order valence-electron chi connectivity index (χ1n) is 10.5. The van der Waals surface area contributed by atoms with Crippen LogP contribution < -0.4 is 10.6 Å². The predicted molar refractivity (Wildman–Crippen MR) is 120 cm³/mol. The van der Waals surface area contributed by atoms with Crippen LogP contribution in [0, 0.1) is 0 Å². The van der Waals surface area contributed by atoms with E-state index >= 15 is 0 Å². The summed E-state index contributed by atoms with van der Waals surface area (Å²) in [6.45, 7) is 2.52. The first kappa shape index (κ1) is 21.3. The zero-order valence-corrected chi connectivity index (χ0v) is 18.1. The van der Waals surface area contributed by atoms with Crippen LogP contribution in [0.2, 0.25) is 0 Å². The lowest BCUT2D eigenvalue weighted by molar-refractivity contribution is -0.120. The van der Waals surface area contributed by atoms with Crippen molar-refractivity contribution in [2.45, 2.75) is 31.7 Å². The van der Waals surface area contributed by atoms with E-state index in [9.17, 15) is 9.59 Å². The molecule has 0 radical (unpaired) electrons. The van der Waals surface area contributed by atoms with Gasteiger partial charge in [-0.2, -0.15) is 0 Å². The lowest BCUT2D eigenvalue weighted by Gasteiger charge is -2.33. The number of benzene rings is 1. The molecule has 0 bridgehead atoms. The summed E-state index contributed by atoms with van der Waals surface area (Å²) in [6.07, 6.45) is 5.43. The maximum atomic E-state index is 12.5. The summed E-state index contributed by atoms with van der Waals surface area (Å²) in [4.78, 5) is 31.5. The Balaban J connectivity index is 1.30. The van der Waals surface area contributed by atoms with Crippen molar-refractivity contribution < 1.29 is 14.0 Å². The Labute approximate surface area is 185 Å². The molecule has 2 N–H and O–H groups in total. The lowest BCUT2D eigenvalue weighted by atomic mass is 10.1. The van der Waals surface area contributed by atoms with Gasteiger partial charge in [0.1, 0.15) is 5.76 Å². The molecule has 1 atom stereocenters. The minimum absolute atomic E-state index is 0.0374. The van der Waals surface area contributed by atoms with Crippen LogP contribution in [0.5, 0.6) is 0 Å². The molecule has 1 saturated heterocycles. The molecular formula is C23H26N4O3S. The number of amides is 2. The minimum atomic E-state index is -0.214. The van der Waals surface area contributed by atoms with E-state index in [0.29, 0.717) is 22.9 Å². The maximum absolute atomic E-state index is 12.5. The molecule has 1 aliphatic rings. The third-order valence-electron chi connectivity index (χ3n) is 5.35. The van der Waals surface area contributed by atoms with E-state index in [4.69, 9.17) is 4.42 Å². The van der Waals surface area contributed by atoms with E-state index in [0.717, 1.165) is 18.8 Å². The number of nitrogens with zero attached hydrogens (tertiary/aromatic N) is 2. The molecule has 0 aliphatic carbocycles. The fourth-order valence-electron chi connectivity index (χ4n) is 3.76. The maximum Gasteiger partial charge on any atom is 0.257 e. The summed E-state index contributed by atoms with van der Waals surface area (Å²) in [5, 5.41) is 8.10. The van der Waals surface area contributed by atoms with Crippen LogP contribution in [0.1, 0.15) is 47.1 Å². The van der Waals surface area contributed by atoms with Crippen LogP contribution in [0.25, 0.3) is 0 Å². The number of furan rings is 1. The highest BCUT2D eigenvalue weighted by Gasteiger charge is 2.25. The number of carbonyl (C=O) groups excluding carboxylic acids is 2. The van der Waals surface area contributed by atoms with E-state index < -0.39 is 0 Å². The molecule has 1 aliphatic heterocycles. The molecule has 3 aromatic rings. The van der Waals surface area contributed by atoms with Gasteiger partial charge in [-0.15, -0.1) is 11.3 Å². The number of hydrogen-bond donors (Lipinski definition) is 2. The molecule has 0 saturated carbocycles. The Morgan fingerprint density at radius 3 is 2.65 bits per heavy atom. The third kappa shape index (κ3) is 5.80. The van der Waals surface area contributed by atoms with E-state index in [1.807, 2.05) is 30.3 Å². The number of piperidine rings is 1. The van der Waals surface area contributed by atoms with Crippen molar-refractivity contribution in [3.8, 4) is 0 Å². The number of carbonyl (C=O) groups is 2. The molecule has 8 heteroatoms.